The van der Waals surface area contributed by atoms with E-state index in [4.69, 9.17) is 0 Å². The number of carbonyl (C=O) groups excluding carboxylic acids is 1. The monoisotopic (exact) mass is 142 g/mol. The van der Waals surface area contributed by atoms with Crippen LogP contribution in [0, 0.1) is 5.92 Å². The predicted octanol–water partition coefficient (Wildman–Crippen LogP) is -0.270. The molecule has 2 atom stereocenters. The first-order valence-corrected chi connectivity index (χ1v) is 3.68. The first-order chi connectivity index (χ1) is 4.74. The Labute approximate surface area is 61.2 Å². The number of carbonyl (C=O) groups is 1. The maximum absolute atomic E-state index is 10.7. The van der Waals surface area contributed by atoms with Crippen LogP contribution in [0.25, 0.3) is 0 Å². The van der Waals surface area contributed by atoms with Gasteiger partial charge in [-0.05, 0) is 14.0 Å². The van der Waals surface area contributed by atoms with Crippen LogP contribution in [0.4, 0.5) is 0 Å². The van der Waals surface area contributed by atoms with Gasteiger partial charge in [-0.15, -0.1) is 0 Å². The lowest BCUT2D eigenvalue weighted by Gasteiger charge is -2.15. The van der Waals surface area contributed by atoms with Gasteiger partial charge in [0.25, 0.3) is 0 Å². The van der Waals surface area contributed by atoms with Crippen LogP contribution in [-0.4, -0.2) is 25.5 Å². The average Bonchev–Trinajstić information content (AvgIpc) is 2.34. The molecule has 58 valence electrons. The number of hydrogen-bond donors (Lipinski definition) is 2. The van der Waals surface area contributed by atoms with E-state index in [0.717, 1.165) is 6.54 Å². The maximum atomic E-state index is 10.7. The lowest BCUT2D eigenvalue weighted by molar-refractivity contribution is -0.119. The largest absolute Gasteiger partial charge is 0.356 e. The minimum atomic E-state index is 0.187. The number of hydrogen-bond acceptors (Lipinski definition) is 2. The molecule has 0 aromatic carbocycles. The minimum absolute atomic E-state index is 0.187. The molecule has 2 N–H and O–H groups in total. The summed E-state index contributed by atoms with van der Waals surface area (Å²) in [5.41, 5.74) is 0. The van der Waals surface area contributed by atoms with Gasteiger partial charge in [-0.1, -0.05) is 0 Å². The fraction of sp³-hybridized carbons (Fsp3) is 0.857. The van der Waals surface area contributed by atoms with Crippen molar-refractivity contribution in [2.45, 2.75) is 19.4 Å². The summed E-state index contributed by atoms with van der Waals surface area (Å²) in [6.45, 7) is 2.94. The second-order valence-electron chi connectivity index (χ2n) is 2.85. The predicted molar refractivity (Wildman–Crippen MR) is 39.6 cm³/mol. The molecule has 0 aromatic heterocycles. The molecule has 10 heavy (non-hydrogen) atoms. The second kappa shape index (κ2) is 3.01. The van der Waals surface area contributed by atoms with E-state index in [2.05, 4.69) is 17.6 Å². The summed E-state index contributed by atoms with van der Waals surface area (Å²) in [5.74, 6) is 0.671. The number of rotatable bonds is 2. The van der Waals surface area contributed by atoms with Crippen molar-refractivity contribution in [1.82, 2.24) is 10.6 Å². The van der Waals surface area contributed by atoms with Crippen LogP contribution >= 0.6 is 0 Å². The number of nitrogens with one attached hydrogen (secondary N) is 2. The first kappa shape index (κ1) is 7.54. The molecule has 0 aliphatic carbocycles. The molecule has 0 radical (unpaired) electrons. The van der Waals surface area contributed by atoms with Gasteiger partial charge in [-0.2, -0.15) is 0 Å². The van der Waals surface area contributed by atoms with Crippen molar-refractivity contribution in [2.24, 2.45) is 5.92 Å². The molecule has 1 aliphatic heterocycles. The van der Waals surface area contributed by atoms with Crippen molar-refractivity contribution in [3.05, 3.63) is 0 Å². The molecule has 0 spiro atoms. The molecule has 1 saturated heterocycles. The van der Waals surface area contributed by atoms with Gasteiger partial charge < -0.3 is 10.6 Å². The van der Waals surface area contributed by atoms with Gasteiger partial charge in [0.2, 0.25) is 5.91 Å². The summed E-state index contributed by atoms with van der Waals surface area (Å²) in [5, 5.41) is 5.94. The van der Waals surface area contributed by atoms with Gasteiger partial charge >= 0.3 is 0 Å². The van der Waals surface area contributed by atoms with Gasteiger partial charge in [0.15, 0.2) is 0 Å². The second-order valence-corrected chi connectivity index (χ2v) is 2.85. The molecule has 0 bridgehead atoms. The molecule has 1 heterocycles. The molecule has 3 nitrogen and oxygen atoms in total. The Hall–Kier alpha value is -0.570. The summed E-state index contributed by atoms with van der Waals surface area (Å²) < 4.78 is 0. The molecule has 3 heteroatoms. The minimum Gasteiger partial charge on any atom is -0.356 e. The lowest BCUT2D eigenvalue weighted by atomic mass is 10.0. The Bertz CT molecular complexity index is 136. The third kappa shape index (κ3) is 1.48. The highest BCUT2D eigenvalue weighted by Gasteiger charge is 2.25. The molecule has 1 aliphatic rings. The number of amides is 1. The molecule has 0 saturated carbocycles. The van der Waals surface area contributed by atoms with E-state index in [-0.39, 0.29) is 5.91 Å². The molecule has 1 amide bonds. The molecule has 0 unspecified atom stereocenters. The normalized spacial score (nSPS) is 28.2. The molecular formula is C7H14N2O. The van der Waals surface area contributed by atoms with E-state index < -0.39 is 0 Å². The summed E-state index contributed by atoms with van der Waals surface area (Å²) in [6, 6.07) is 0.443. The van der Waals surface area contributed by atoms with Gasteiger partial charge in [0, 0.05) is 24.9 Å². The van der Waals surface area contributed by atoms with E-state index in [0.29, 0.717) is 18.4 Å². The smallest absolute Gasteiger partial charge is 0.220 e. The van der Waals surface area contributed by atoms with Crippen molar-refractivity contribution in [3.63, 3.8) is 0 Å². The van der Waals surface area contributed by atoms with Crippen molar-refractivity contribution in [2.75, 3.05) is 13.6 Å². The Balaban J connectivity index is 2.36. The Morgan fingerprint density at radius 3 is 2.90 bits per heavy atom. The van der Waals surface area contributed by atoms with E-state index in [1.54, 1.807) is 0 Å². The zero-order chi connectivity index (χ0) is 7.56. The van der Waals surface area contributed by atoms with E-state index in [9.17, 15) is 4.79 Å². The zero-order valence-electron chi connectivity index (χ0n) is 6.48. The third-order valence-corrected chi connectivity index (χ3v) is 2.17. The molecule has 1 fully saturated rings. The fourth-order valence-corrected chi connectivity index (χ4v) is 1.22. The van der Waals surface area contributed by atoms with Crippen LogP contribution in [0.1, 0.15) is 13.3 Å². The Kier molecular flexibility index (Phi) is 2.27. The highest BCUT2D eigenvalue weighted by molar-refractivity contribution is 5.78. The van der Waals surface area contributed by atoms with Crippen LogP contribution < -0.4 is 10.6 Å². The topological polar surface area (TPSA) is 41.1 Å². The van der Waals surface area contributed by atoms with Crippen molar-refractivity contribution < 1.29 is 4.79 Å². The van der Waals surface area contributed by atoms with Crippen molar-refractivity contribution in [3.8, 4) is 0 Å². The van der Waals surface area contributed by atoms with Crippen LogP contribution in [0.2, 0.25) is 0 Å². The quantitative estimate of drug-likeness (QED) is 0.557. The van der Waals surface area contributed by atoms with E-state index in [1.807, 2.05) is 7.05 Å². The molecule has 0 aromatic rings. The summed E-state index contributed by atoms with van der Waals surface area (Å²) in [6.07, 6.45) is 0.683. The van der Waals surface area contributed by atoms with Gasteiger partial charge in [-0.3, -0.25) is 4.79 Å². The molecular weight excluding hydrogens is 128 g/mol. The molecule has 1 rings (SSSR count). The Morgan fingerprint density at radius 1 is 1.80 bits per heavy atom. The van der Waals surface area contributed by atoms with E-state index >= 15 is 0 Å². The van der Waals surface area contributed by atoms with Crippen LogP contribution in [0.15, 0.2) is 0 Å². The fourth-order valence-electron chi connectivity index (χ4n) is 1.22. The van der Waals surface area contributed by atoms with Gasteiger partial charge in [-0.25, -0.2) is 0 Å². The summed E-state index contributed by atoms with van der Waals surface area (Å²) in [7, 11) is 1.92. The lowest BCUT2D eigenvalue weighted by Crippen LogP contribution is -2.31. The van der Waals surface area contributed by atoms with Gasteiger partial charge in [0.05, 0.1) is 0 Å². The Morgan fingerprint density at radius 2 is 2.50 bits per heavy atom. The highest BCUT2D eigenvalue weighted by Crippen LogP contribution is 2.12. The summed E-state index contributed by atoms with van der Waals surface area (Å²) in [4.78, 5) is 10.7. The highest BCUT2D eigenvalue weighted by atomic mass is 16.1. The third-order valence-electron chi connectivity index (χ3n) is 2.17. The van der Waals surface area contributed by atoms with Crippen LogP contribution in [0.3, 0.4) is 0 Å². The van der Waals surface area contributed by atoms with Crippen molar-refractivity contribution >= 4 is 5.91 Å². The SMILES string of the molecule is CN[C@H](C)[C@H]1CNC(=O)C1. The maximum Gasteiger partial charge on any atom is 0.220 e. The standard InChI is InChI=1S/C7H14N2O/c1-5(8-2)6-3-7(10)9-4-6/h5-6,8H,3-4H2,1-2H3,(H,9,10)/t5-,6-/m1/s1. The summed E-state index contributed by atoms with van der Waals surface area (Å²) >= 11 is 0. The first-order valence-electron chi connectivity index (χ1n) is 3.68. The van der Waals surface area contributed by atoms with Crippen molar-refractivity contribution in [1.29, 1.82) is 0 Å². The van der Waals surface area contributed by atoms with Gasteiger partial charge in [0.1, 0.15) is 0 Å². The van der Waals surface area contributed by atoms with Crippen LogP contribution in [-0.2, 0) is 4.79 Å². The van der Waals surface area contributed by atoms with Crippen LogP contribution in [0.5, 0.6) is 0 Å². The average molecular weight is 142 g/mol. The zero-order valence-corrected chi connectivity index (χ0v) is 6.48. The van der Waals surface area contributed by atoms with E-state index in [1.165, 1.54) is 0 Å².